The highest BCUT2D eigenvalue weighted by Gasteiger charge is 2.53. The summed E-state index contributed by atoms with van der Waals surface area (Å²) < 4.78 is 13.1. The van der Waals surface area contributed by atoms with E-state index in [9.17, 15) is 9.18 Å². The van der Waals surface area contributed by atoms with Gasteiger partial charge in [-0.05, 0) is 67.7 Å². The summed E-state index contributed by atoms with van der Waals surface area (Å²) in [6, 6.07) is 4.52. The van der Waals surface area contributed by atoms with Gasteiger partial charge in [0.15, 0.2) is 0 Å². The van der Waals surface area contributed by atoms with Crippen LogP contribution < -0.4 is 5.32 Å². The molecule has 3 heteroatoms. The van der Waals surface area contributed by atoms with E-state index in [2.05, 4.69) is 5.32 Å². The molecule has 0 radical (unpaired) electrons. The highest BCUT2D eigenvalue weighted by Crippen LogP contribution is 2.60. The minimum atomic E-state index is -0.261. The Kier molecular flexibility index (Phi) is 2.65. The molecule has 0 spiro atoms. The lowest BCUT2D eigenvalue weighted by Gasteiger charge is -2.15. The summed E-state index contributed by atoms with van der Waals surface area (Å²) in [5.41, 5.74) is 1.48. The average molecular weight is 247 g/mol. The van der Waals surface area contributed by atoms with E-state index in [1.165, 1.54) is 31.7 Å². The molecular weight excluding hydrogens is 229 g/mol. The van der Waals surface area contributed by atoms with Crippen LogP contribution in [0.25, 0.3) is 0 Å². The minimum Gasteiger partial charge on any atom is -0.351 e. The number of hydrogen-bond donors (Lipinski definition) is 1. The van der Waals surface area contributed by atoms with E-state index in [0.29, 0.717) is 16.5 Å². The highest BCUT2D eigenvalue weighted by atomic mass is 19.1. The van der Waals surface area contributed by atoms with Crippen molar-refractivity contribution in [2.75, 3.05) is 6.54 Å². The predicted molar refractivity (Wildman–Crippen MR) is 67.9 cm³/mol. The molecule has 0 aliphatic heterocycles. The van der Waals surface area contributed by atoms with Gasteiger partial charge < -0.3 is 5.32 Å². The van der Waals surface area contributed by atoms with Crippen LogP contribution in [0.3, 0.4) is 0 Å². The zero-order chi connectivity index (χ0) is 12.8. The molecule has 3 rings (SSSR count). The third kappa shape index (κ3) is 2.14. The van der Waals surface area contributed by atoms with Crippen LogP contribution in [0.1, 0.15) is 41.6 Å². The number of benzene rings is 1. The summed E-state index contributed by atoms with van der Waals surface area (Å²) in [5.74, 6) is 0.501. The first-order chi connectivity index (χ1) is 8.61. The number of aryl methyl sites for hydroxylation is 1. The Morgan fingerprint density at radius 3 is 2.72 bits per heavy atom. The summed E-state index contributed by atoms with van der Waals surface area (Å²) >= 11 is 0. The van der Waals surface area contributed by atoms with Gasteiger partial charge in [0.1, 0.15) is 5.82 Å². The molecule has 96 valence electrons. The van der Waals surface area contributed by atoms with Crippen molar-refractivity contribution >= 4 is 5.91 Å². The first kappa shape index (κ1) is 11.7. The number of carbonyl (C=O) groups is 1. The van der Waals surface area contributed by atoms with Gasteiger partial charge in [-0.15, -0.1) is 0 Å². The maximum atomic E-state index is 13.1. The Labute approximate surface area is 107 Å². The van der Waals surface area contributed by atoms with E-state index in [4.69, 9.17) is 0 Å². The SMILES string of the molecule is Cc1cc(C(=O)NCC2(C3CC3)CC2)ccc1F. The lowest BCUT2D eigenvalue weighted by atomic mass is 10.0. The molecule has 0 aromatic heterocycles. The Balaban J connectivity index is 1.62. The van der Waals surface area contributed by atoms with E-state index < -0.39 is 0 Å². The second-order valence-electron chi connectivity index (χ2n) is 5.78. The fraction of sp³-hybridized carbons (Fsp3) is 0.533. The summed E-state index contributed by atoms with van der Waals surface area (Å²) in [6.07, 6.45) is 5.15. The Morgan fingerprint density at radius 1 is 1.44 bits per heavy atom. The van der Waals surface area contributed by atoms with Gasteiger partial charge in [0.25, 0.3) is 5.91 Å². The molecule has 1 N–H and O–H groups in total. The maximum Gasteiger partial charge on any atom is 0.251 e. The van der Waals surface area contributed by atoms with Crippen LogP contribution in [-0.4, -0.2) is 12.5 Å². The number of amides is 1. The van der Waals surface area contributed by atoms with E-state index >= 15 is 0 Å². The molecular formula is C15H18FNO. The first-order valence-corrected chi connectivity index (χ1v) is 6.65. The smallest absolute Gasteiger partial charge is 0.251 e. The molecule has 2 aliphatic rings. The van der Waals surface area contributed by atoms with Crippen molar-refractivity contribution in [1.29, 1.82) is 0 Å². The monoisotopic (exact) mass is 247 g/mol. The van der Waals surface area contributed by atoms with E-state index in [-0.39, 0.29) is 11.7 Å². The van der Waals surface area contributed by atoms with E-state index in [1.54, 1.807) is 19.1 Å². The number of nitrogens with one attached hydrogen (secondary N) is 1. The quantitative estimate of drug-likeness (QED) is 0.870. The van der Waals surface area contributed by atoms with Gasteiger partial charge >= 0.3 is 0 Å². The standard InChI is InChI=1S/C15H18FNO/c1-10-8-11(2-5-13(10)16)14(18)17-9-15(6-7-15)12-3-4-12/h2,5,8,12H,3-4,6-7,9H2,1H3,(H,17,18). The molecule has 2 nitrogen and oxygen atoms in total. The highest BCUT2D eigenvalue weighted by molar-refractivity contribution is 5.94. The van der Waals surface area contributed by atoms with Crippen molar-refractivity contribution in [2.24, 2.45) is 11.3 Å². The Bertz CT molecular complexity index is 489. The van der Waals surface area contributed by atoms with Crippen molar-refractivity contribution < 1.29 is 9.18 Å². The van der Waals surface area contributed by atoms with Gasteiger partial charge in [-0.2, -0.15) is 0 Å². The third-order valence-corrected chi connectivity index (χ3v) is 4.36. The van der Waals surface area contributed by atoms with Crippen molar-refractivity contribution in [3.63, 3.8) is 0 Å². The van der Waals surface area contributed by atoms with Gasteiger partial charge in [-0.1, -0.05) is 0 Å². The molecule has 2 saturated carbocycles. The Hall–Kier alpha value is -1.38. The molecule has 0 heterocycles. The molecule has 0 bridgehead atoms. The van der Waals surface area contributed by atoms with Crippen molar-refractivity contribution in [3.05, 3.63) is 35.1 Å². The Morgan fingerprint density at radius 2 is 2.17 bits per heavy atom. The molecule has 0 atom stereocenters. The maximum absolute atomic E-state index is 13.1. The average Bonchev–Trinajstić information content (AvgIpc) is 3.22. The van der Waals surface area contributed by atoms with Gasteiger partial charge in [0, 0.05) is 12.1 Å². The van der Waals surface area contributed by atoms with Gasteiger partial charge in [-0.3, -0.25) is 4.79 Å². The van der Waals surface area contributed by atoms with Crippen molar-refractivity contribution in [3.8, 4) is 0 Å². The third-order valence-electron chi connectivity index (χ3n) is 4.36. The summed E-state index contributed by atoms with van der Waals surface area (Å²) in [7, 11) is 0. The summed E-state index contributed by atoms with van der Waals surface area (Å²) in [5, 5.41) is 3.01. The van der Waals surface area contributed by atoms with Gasteiger partial charge in [0.05, 0.1) is 0 Å². The lowest BCUT2D eigenvalue weighted by Crippen LogP contribution is -2.31. The largest absolute Gasteiger partial charge is 0.351 e. The van der Waals surface area contributed by atoms with Gasteiger partial charge in [-0.25, -0.2) is 4.39 Å². The minimum absolute atomic E-state index is 0.0787. The van der Waals surface area contributed by atoms with Crippen molar-refractivity contribution in [2.45, 2.75) is 32.6 Å². The molecule has 0 unspecified atom stereocenters. The lowest BCUT2D eigenvalue weighted by molar-refractivity contribution is 0.0942. The van der Waals surface area contributed by atoms with Crippen LogP contribution in [0.2, 0.25) is 0 Å². The molecule has 1 aromatic rings. The van der Waals surface area contributed by atoms with Crippen LogP contribution in [0.4, 0.5) is 4.39 Å². The zero-order valence-electron chi connectivity index (χ0n) is 10.6. The molecule has 0 saturated heterocycles. The molecule has 18 heavy (non-hydrogen) atoms. The second-order valence-corrected chi connectivity index (χ2v) is 5.78. The van der Waals surface area contributed by atoms with E-state index in [1.807, 2.05) is 0 Å². The van der Waals surface area contributed by atoms with Crippen LogP contribution >= 0.6 is 0 Å². The number of carbonyl (C=O) groups excluding carboxylic acids is 1. The molecule has 2 aliphatic carbocycles. The topological polar surface area (TPSA) is 29.1 Å². The van der Waals surface area contributed by atoms with Crippen LogP contribution in [0, 0.1) is 24.1 Å². The first-order valence-electron chi connectivity index (χ1n) is 6.65. The van der Waals surface area contributed by atoms with Gasteiger partial charge in [0.2, 0.25) is 0 Å². The van der Waals surface area contributed by atoms with Crippen LogP contribution in [0.15, 0.2) is 18.2 Å². The van der Waals surface area contributed by atoms with Crippen molar-refractivity contribution in [1.82, 2.24) is 5.32 Å². The number of rotatable bonds is 4. The fourth-order valence-electron chi connectivity index (χ4n) is 2.73. The number of hydrogen-bond acceptors (Lipinski definition) is 1. The zero-order valence-corrected chi connectivity index (χ0v) is 10.6. The molecule has 2 fully saturated rings. The summed E-state index contributed by atoms with van der Waals surface area (Å²) in [4.78, 5) is 12.0. The fourth-order valence-corrected chi connectivity index (χ4v) is 2.73. The second kappa shape index (κ2) is 4.08. The molecule has 1 amide bonds. The van der Waals surface area contributed by atoms with E-state index in [0.717, 1.165) is 12.5 Å². The van der Waals surface area contributed by atoms with Crippen LogP contribution in [-0.2, 0) is 0 Å². The van der Waals surface area contributed by atoms with Crippen LogP contribution in [0.5, 0.6) is 0 Å². The predicted octanol–water partition coefficient (Wildman–Crippen LogP) is 3.05. The number of halogens is 1. The normalized spacial score (nSPS) is 20.6. The summed E-state index contributed by atoms with van der Waals surface area (Å²) in [6.45, 7) is 2.46. The molecule has 1 aromatic carbocycles.